The Hall–Kier alpha value is -1.62. The van der Waals surface area contributed by atoms with Crippen molar-refractivity contribution in [2.75, 3.05) is 6.54 Å². The molecule has 1 saturated carbocycles. The molecule has 0 heterocycles. The van der Waals surface area contributed by atoms with Crippen LogP contribution in [0, 0.1) is 15.5 Å². The number of rotatable bonds is 5. The van der Waals surface area contributed by atoms with Crippen LogP contribution >= 0.6 is 0 Å². The molecule has 2 atom stereocenters. The molecule has 1 aromatic carbocycles. The molecule has 0 aliphatic heterocycles. The van der Waals surface area contributed by atoms with E-state index < -0.39 is 4.92 Å². The van der Waals surface area contributed by atoms with Gasteiger partial charge >= 0.3 is 5.69 Å². The molecule has 1 aliphatic carbocycles. The van der Waals surface area contributed by atoms with Crippen molar-refractivity contribution in [2.45, 2.75) is 39.3 Å². The SMILES string of the molecule is CCNC1CC(Oc2ccccc2[N+](=O)[O-])C1(C)C. The summed E-state index contributed by atoms with van der Waals surface area (Å²) in [6.45, 7) is 7.26. The Bertz CT molecular complexity index is 474. The number of ether oxygens (including phenoxy) is 1. The quantitative estimate of drug-likeness (QED) is 0.656. The van der Waals surface area contributed by atoms with E-state index in [0.29, 0.717) is 11.8 Å². The minimum Gasteiger partial charge on any atom is -0.483 e. The van der Waals surface area contributed by atoms with Crippen LogP contribution in [0.1, 0.15) is 27.2 Å². The number of hydrogen-bond donors (Lipinski definition) is 1. The van der Waals surface area contributed by atoms with Crippen LogP contribution in [-0.2, 0) is 0 Å². The molecule has 5 heteroatoms. The van der Waals surface area contributed by atoms with Gasteiger partial charge in [0.25, 0.3) is 0 Å². The normalized spacial score (nSPS) is 24.6. The summed E-state index contributed by atoms with van der Waals surface area (Å²) in [5.74, 6) is 0.362. The van der Waals surface area contributed by atoms with Gasteiger partial charge in [-0.25, -0.2) is 0 Å². The van der Waals surface area contributed by atoms with Gasteiger partial charge in [-0.05, 0) is 12.6 Å². The van der Waals surface area contributed by atoms with E-state index in [1.807, 2.05) is 0 Å². The zero-order valence-corrected chi connectivity index (χ0v) is 11.6. The molecule has 1 fully saturated rings. The van der Waals surface area contributed by atoms with Gasteiger partial charge in [0.15, 0.2) is 5.75 Å². The molecule has 0 amide bonds. The highest BCUT2D eigenvalue weighted by molar-refractivity contribution is 5.46. The standard InChI is InChI=1S/C14H20N2O3/c1-4-15-12-9-13(14(12,2)3)19-11-8-6-5-7-10(11)16(17)18/h5-8,12-13,15H,4,9H2,1-3H3. The average molecular weight is 264 g/mol. The van der Waals surface area contributed by atoms with Crippen LogP contribution in [0.5, 0.6) is 5.75 Å². The summed E-state index contributed by atoms with van der Waals surface area (Å²) in [6, 6.07) is 6.95. The topological polar surface area (TPSA) is 64.4 Å². The van der Waals surface area contributed by atoms with Gasteiger partial charge in [0, 0.05) is 23.9 Å². The highest BCUT2D eigenvalue weighted by Crippen LogP contribution is 2.44. The lowest BCUT2D eigenvalue weighted by Gasteiger charge is -2.51. The first-order chi connectivity index (χ1) is 8.96. The minimum absolute atomic E-state index is 0.0117. The third-order valence-electron chi connectivity index (χ3n) is 3.96. The lowest BCUT2D eigenvalue weighted by atomic mass is 9.64. The van der Waals surface area contributed by atoms with E-state index in [0.717, 1.165) is 13.0 Å². The number of nitrogens with one attached hydrogen (secondary N) is 1. The minimum atomic E-state index is -0.400. The maximum atomic E-state index is 11.0. The van der Waals surface area contributed by atoms with Crippen LogP contribution < -0.4 is 10.1 Å². The van der Waals surface area contributed by atoms with E-state index in [1.54, 1.807) is 18.2 Å². The molecular weight excluding hydrogens is 244 g/mol. The Kier molecular flexibility index (Phi) is 3.75. The number of nitro benzene ring substituents is 1. The van der Waals surface area contributed by atoms with E-state index in [2.05, 4.69) is 26.1 Å². The Balaban J connectivity index is 2.10. The van der Waals surface area contributed by atoms with Gasteiger partial charge in [-0.1, -0.05) is 32.9 Å². The molecule has 0 saturated heterocycles. The molecule has 104 valence electrons. The van der Waals surface area contributed by atoms with Gasteiger partial charge in [-0.2, -0.15) is 0 Å². The first kappa shape index (κ1) is 13.8. The Morgan fingerprint density at radius 2 is 2.16 bits per heavy atom. The smallest absolute Gasteiger partial charge is 0.310 e. The van der Waals surface area contributed by atoms with Crippen molar-refractivity contribution >= 4 is 5.69 Å². The Morgan fingerprint density at radius 1 is 1.47 bits per heavy atom. The molecule has 0 aromatic heterocycles. The van der Waals surface area contributed by atoms with Crippen LogP contribution in [0.3, 0.4) is 0 Å². The molecular formula is C14H20N2O3. The second kappa shape index (κ2) is 5.17. The van der Waals surface area contributed by atoms with Crippen LogP contribution in [0.15, 0.2) is 24.3 Å². The summed E-state index contributed by atoms with van der Waals surface area (Å²) >= 11 is 0. The van der Waals surface area contributed by atoms with E-state index in [-0.39, 0.29) is 17.2 Å². The van der Waals surface area contributed by atoms with E-state index >= 15 is 0 Å². The molecule has 19 heavy (non-hydrogen) atoms. The van der Waals surface area contributed by atoms with Crippen molar-refractivity contribution in [1.29, 1.82) is 0 Å². The predicted octanol–water partition coefficient (Wildman–Crippen LogP) is 2.75. The van der Waals surface area contributed by atoms with Crippen LogP contribution in [-0.4, -0.2) is 23.6 Å². The molecule has 1 aromatic rings. The third-order valence-corrected chi connectivity index (χ3v) is 3.96. The average Bonchev–Trinajstić information content (AvgIpc) is 2.38. The van der Waals surface area contributed by atoms with Gasteiger partial charge in [0.2, 0.25) is 0 Å². The molecule has 2 unspecified atom stereocenters. The summed E-state index contributed by atoms with van der Waals surface area (Å²) in [5.41, 5.74) is 0.0184. The van der Waals surface area contributed by atoms with E-state index in [4.69, 9.17) is 4.74 Å². The molecule has 2 rings (SSSR count). The predicted molar refractivity (Wildman–Crippen MR) is 73.4 cm³/mol. The summed E-state index contributed by atoms with van der Waals surface area (Å²) in [4.78, 5) is 10.6. The second-order valence-corrected chi connectivity index (χ2v) is 5.50. The number of nitro groups is 1. The second-order valence-electron chi connectivity index (χ2n) is 5.50. The maximum Gasteiger partial charge on any atom is 0.310 e. The number of nitrogens with zero attached hydrogens (tertiary/aromatic N) is 1. The molecule has 0 bridgehead atoms. The molecule has 0 spiro atoms. The third kappa shape index (κ3) is 2.56. The monoisotopic (exact) mass is 264 g/mol. The Morgan fingerprint density at radius 3 is 2.74 bits per heavy atom. The largest absolute Gasteiger partial charge is 0.483 e. The zero-order chi connectivity index (χ0) is 14.0. The fraction of sp³-hybridized carbons (Fsp3) is 0.571. The van der Waals surface area contributed by atoms with E-state index in [1.165, 1.54) is 6.07 Å². The maximum absolute atomic E-state index is 11.0. The summed E-state index contributed by atoms with van der Waals surface area (Å²) < 4.78 is 5.85. The lowest BCUT2D eigenvalue weighted by Crippen LogP contribution is -2.62. The number of hydrogen-bond acceptors (Lipinski definition) is 4. The molecule has 1 N–H and O–H groups in total. The van der Waals surface area contributed by atoms with Crippen molar-refractivity contribution in [1.82, 2.24) is 5.32 Å². The number of para-hydroxylation sites is 2. The molecule has 0 radical (unpaired) electrons. The number of benzene rings is 1. The fourth-order valence-corrected chi connectivity index (χ4v) is 2.54. The van der Waals surface area contributed by atoms with Crippen molar-refractivity contribution in [2.24, 2.45) is 5.41 Å². The molecule has 5 nitrogen and oxygen atoms in total. The molecule has 1 aliphatic rings. The van der Waals surface area contributed by atoms with Gasteiger partial charge in [0.05, 0.1) is 4.92 Å². The highest BCUT2D eigenvalue weighted by atomic mass is 16.6. The first-order valence-corrected chi connectivity index (χ1v) is 6.60. The fourth-order valence-electron chi connectivity index (χ4n) is 2.54. The zero-order valence-electron chi connectivity index (χ0n) is 11.6. The lowest BCUT2D eigenvalue weighted by molar-refractivity contribution is -0.386. The van der Waals surface area contributed by atoms with E-state index in [9.17, 15) is 10.1 Å². The summed E-state index contributed by atoms with van der Waals surface area (Å²) in [6.07, 6.45) is 0.894. The van der Waals surface area contributed by atoms with Gasteiger partial charge in [0.1, 0.15) is 6.10 Å². The van der Waals surface area contributed by atoms with Crippen molar-refractivity contribution in [3.05, 3.63) is 34.4 Å². The van der Waals surface area contributed by atoms with Crippen LogP contribution in [0.4, 0.5) is 5.69 Å². The Labute approximate surface area is 113 Å². The first-order valence-electron chi connectivity index (χ1n) is 6.60. The van der Waals surface area contributed by atoms with Crippen LogP contribution in [0.2, 0.25) is 0 Å². The van der Waals surface area contributed by atoms with Crippen molar-refractivity contribution < 1.29 is 9.66 Å². The van der Waals surface area contributed by atoms with Crippen LogP contribution in [0.25, 0.3) is 0 Å². The van der Waals surface area contributed by atoms with Crippen molar-refractivity contribution in [3.8, 4) is 5.75 Å². The highest BCUT2D eigenvalue weighted by Gasteiger charge is 2.49. The van der Waals surface area contributed by atoms with Gasteiger partial charge in [-0.3, -0.25) is 10.1 Å². The van der Waals surface area contributed by atoms with Gasteiger partial charge in [-0.15, -0.1) is 0 Å². The summed E-state index contributed by atoms with van der Waals surface area (Å²) in [5, 5.41) is 14.4. The van der Waals surface area contributed by atoms with Crippen molar-refractivity contribution in [3.63, 3.8) is 0 Å². The van der Waals surface area contributed by atoms with Gasteiger partial charge < -0.3 is 10.1 Å². The summed E-state index contributed by atoms with van der Waals surface area (Å²) in [7, 11) is 0.